The van der Waals surface area contributed by atoms with Gasteiger partial charge in [0.05, 0.1) is 0 Å². The van der Waals surface area contributed by atoms with E-state index in [2.05, 4.69) is 32.4 Å². The van der Waals surface area contributed by atoms with Crippen LogP contribution in [0.25, 0.3) is 0 Å². The summed E-state index contributed by atoms with van der Waals surface area (Å²) in [6, 6.07) is 1.92. The summed E-state index contributed by atoms with van der Waals surface area (Å²) >= 11 is 0. The van der Waals surface area contributed by atoms with Crippen molar-refractivity contribution in [2.45, 2.75) is 26.2 Å². The molecule has 0 aliphatic carbocycles. The summed E-state index contributed by atoms with van der Waals surface area (Å²) < 4.78 is 0. The minimum absolute atomic E-state index is 0.711. The van der Waals surface area contributed by atoms with Crippen LogP contribution in [-0.2, 0) is 0 Å². The predicted molar refractivity (Wildman–Crippen MR) is 75.0 cm³/mol. The fourth-order valence-electron chi connectivity index (χ4n) is 2.13. The maximum Gasteiger partial charge on any atom is 0.224 e. The van der Waals surface area contributed by atoms with Crippen LogP contribution >= 0.6 is 0 Å². The van der Waals surface area contributed by atoms with Crippen LogP contribution in [0.4, 0.5) is 11.8 Å². The molecule has 0 saturated carbocycles. The Hall–Kier alpha value is -1.36. The van der Waals surface area contributed by atoms with Crippen LogP contribution in [0.1, 0.15) is 26.2 Å². The summed E-state index contributed by atoms with van der Waals surface area (Å²) in [6.45, 7) is 7.58. The SMILES string of the molecule is CCCNc1nccc(NCCN2CCCC2)n1. The van der Waals surface area contributed by atoms with Crippen molar-refractivity contribution in [1.29, 1.82) is 0 Å². The van der Waals surface area contributed by atoms with E-state index in [1.807, 2.05) is 6.07 Å². The molecule has 100 valence electrons. The lowest BCUT2D eigenvalue weighted by atomic mass is 10.4. The van der Waals surface area contributed by atoms with Crippen LogP contribution in [0.15, 0.2) is 12.3 Å². The fraction of sp³-hybridized carbons (Fsp3) is 0.692. The molecule has 2 rings (SSSR count). The summed E-state index contributed by atoms with van der Waals surface area (Å²) in [5, 5.41) is 6.55. The van der Waals surface area contributed by atoms with Crippen molar-refractivity contribution in [3.8, 4) is 0 Å². The number of nitrogens with one attached hydrogen (secondary N) is 2. The average Bonchev–Trinajstić information content (AvgIpc) is 2.90. The van der Waals surface area contributed by atoms with Crippen LogP contribution in [0.2, 0.25) is 0 Å². The molecule has 0 radical (unpaired) electrons. The van der Waals surface area contributed by atoms with Gasteiger partial charge in [-0.2, -0.15) is 4.98 Å². The van der Waals surface area contributed by atoms with Gasteiger partial charge < -0.3 is 15.5 Å². The molecule has 18 heavy (non-hydrogen) atoms. The quantitative estimate of drug-likeness (QED) is 0.772. The third-order valence-electron chi connectivity index (χ3n) is 3.12. The van der Waals surface area contributed by atoms with Gasteiger partial charge in [0.15, 0.2) is 0 Å². The second kappa shape index (κ2) is 7.16. The summed E-state index contributed by atoms with van der Waals surface area (Å²) in [5.74, 6) is 1.62. The molecular formula is C13H23N5. The van der Waals surface area contributed by atoms with Crippen molar-refractivity contribution in [2.75, 3.05) is 43.4 Å². The van der Waals surface area contributed by atoms with Crippen molar-refractivity contribution in [3.05, 3.63) is 12.3 Å². The number of hydrogen-bond donors (Lipinski definition) is 2. The highest BCUT2D eigenvalue weighted by molar-refractivity contribution is 5.39. The highest BCUT2D eigenvalue weighted by Crippen LogP contribution is 2.08. The summed E-state index contributed by atoms with van der Waals surface area (Å²) in [4.78, 5) is 11.1. The summed E-state index contributed by atoms with van der Waals surface area (Å²) in [5.41, 5.74) is 0. The number of rotatable bonds is 7. The molecule has 0 spiro atoms. The number of aromatic nitrogens is 2. The minimum Gasteiger partial charge on any atom is -0.369 e. The molecule has 0 amide bonds. The number of hydrogen-bond acceptors (Lipinski definition) is 5. The van der Waals surface area contributed by atoms with Gasteiger partial charge in [0.1, 0.15) is 5.82 Å². The van der Waals surface area contributed by atoms with E-state index in [1.165, 1.54) is 25.9 Å². The Labute approximate surface area is 109 Å². The van der Waals surface area contributed by atoms with Crippen molar-refractivity contribution in [3.63, 3.8) is 0 Å². The van der Waals surface area contributed by atoms with Crippen LogP contribution in [0.5, 0.6) is 0 Å². The van der Waals surface area contributed by atoms with Crippen molar-refractivity contribution in [1.82, 2.24) is 14.9 Å². The molecule has 1 aromatic rings. The maximum atomic E-state index is 4.42. The molecule has 1 aliphatic rings. The molecule has 0 unspecified atom stereocenters. The topological polar surface area (TPSA) is 53.1 Å². The Morgan fingerprint density at radius 2 is 2.06 bits per heavy atom. The Morgan fingerprint density at radius 3 is 2.83 bits per heavy atom. The van der Waals surface area contributed by atoms with Gasteiger partial charge in [0, 0.05) is 25.8 Å². The normalized spacial score (nSPS) is 15.8. The molecule has 0 atom stereocenters. The van der Waals surface area contributed by atoms with Gasteiger partial charge in [-0.1, -0.05) is 6.92 Å². The summed E-state index contributed by atoms with van der Waals surface area (Å²) in [7, 11) is 0. The van der Waals surface area contributed by atoms with E-state index < -0.39 is 0 Å². The fourth-order valence-corrected chi connectivity index (χ4v) is 2.13. The second-order valence-electron chi connectivity index (χ2n) is 4.67. The van der Waals surface area contributed by atoms with Crippen LogP contribution in [0, 0.1) is 0 Å². The van der Waals surface area contributed by atoms with Crippen molar-refractivity contribution < 1.29 is 0 Å². The molecule has 2 heterocycles. The van der Waals surface area contributed by atoms with E-state index in [4.69, 9.17) is 0 Å². The van der Waals surface area contributed by atoms with Gasteiger partial charge in [0.2, 0.25) is 5.95 Å². The molecule has 5 nitrogen and oxygen atoms in total. The Balaban J connectivity index is 1.74. The highest BCUT2D eigenvalue weighted by atomic mass is 15.2. The Morgan fingerprint density at radius 1 is 1.22 bits per heavy atom. The molecule has 0 aromatic carbocycles. The number of nitrogens with zero attached hydrogens (tertiary/aromatic N) is 3. The first-order valence-corrected chi connectivity index (χ1v) is 6.91. The first kappa shape index (κ1) is 13.1. The number of anilines is 2. The van der Waals surface area contributed by atoms with Crippen molar-refractivity contribution in [2.24, 2.45) is 0 Å². The monoisotopic (exact) mass is 249 g/mol. The average molecular weight is 249 g/mol. The van der Waals surface area contributed by atoms with E-state index in [0.717, 1.165) is 31.9 Å². The molecular weight excluding hydrogens is 226 g/mol. The van der Waals surface area contributed by atoms with Gasteiger partial charge in [-0.15, -0.1) is 0 Å². The lowest BCUT2D eigenvalue weighted by molar-refractivity contribution is 0.352. The lowest BCUT2D eigenvalue weighted by Gasteiger charge is -2.15. The second-order valence-corrected chi connectivity index (χ2v) is 4.67. The zero-order valence-corrected chi connectivity index (χ0v) is 11.2. The third kappa shape index (κ3) is 4.14. The standard InChI is InChI=1S/C13H23N5/c1-2-6-15-13-16-7-5-12(17-13)14-8-11-18-9-3-4-10-18/h5,7H,2-4,6,8-11H2,1H3,(H2,14,15,16,17). The number of likely N-dealkylation sites (tertiary alicyclic amines) is 1. The first-order valence-electron chi connectivity index (χ1n) is 6.91. The molecule has 1 aliphatic heterocycles. The third-order valence-corrected chi connectivity index (χ3v) is 3.12. The van der Waals surface area contributed by atoms with Crippen LogP contribution in [-0.4, -0.2) is 47.6 Å². The van der Waals surface area contributed by atoms with E-state index in [9.17, 15) is 0 Å². The minimum atomic E-state index is 0.711. The first-order chi connectivity index (χ1) is 8.88. The van der Waals surface area contributed by atoms with E-state index in [1.54, 1.807) is 6.20 Å². The zero-order valence-electron chi connectivity index (χ0n) is 11.2. The van der Waals surface area contributed by atoms with E-state index >= 15 is 0 Å². The molecule has 5 heteroatoms. The Kier molecular flexibility index (Phi) is 5.20. The molecule has 1 saturated heterocycles. The van der Waals surface area contributed by atoms with Gasteiger partial charge in [-0.05, 0) is 38.4 Å². The lowest BCUT2D eigenvalue weighted by Crippen LogP contribution is -2.26. The highest BCUT2D eigenvalue weighted by Gasteiger charge is 2.10. The Bertz CT molecular complexity index is 349. The smallest absolute Gasteiger partial charge is 0.224 e. The van der Waals surface area contributed by atoms with Crippen LogP contribution in [0.3, 0.4) is 0 Å². The van der Waals surface area contributed by atoms with E-state index in [-0.39, 0.29) is 0 Å². The molecule has 1 fully saturated rings. The van der Waals surface area contributed by atoms with Gasteiger partial charge in [-0.25, -0.2) is 4.98 Å². The largest absolute Gasteiger partial charge is 0.369 e. The van der Waals surface area contributed by atoms with Gasteiger partial charge in [-0.3, -0.25) is 0 Å². The molecule has 1 aromatic heterocycles. The predicted octanol–water partition coefficient (Wildman–Crippen LogP) is 1.81. The van der Waals surface area contributed by atoms with Gasteiger partial charge in [0.25, 0.3) is 0 Å². The molecule has 2 N–H and O–H groups in total. The maximum absolute atomic E-state index is 4.42. The van der Waals surface area contributed by atoms with Crippen molar-refractivity contribution >= 4 is 11.8 Å². The zero-order chi connectivity index (χ0) is 12.6. The van der Waals surface area contributed by atoms with Crippen LogP contribution < -0.4 is 10.6 Å². The summed E-state index contributed by atoms with van der Waals surface area (Å²) in [6.07, 6.45) is 5.57. The van der Waals surface area contributed by atoms with E-state index in [0.29, 0.717) is 5.95 Å². The molecule has 0 bridgehead atoms. The van der Waals surface area contributed by atoms with Gasteiger partial charge >= 0.3 is 0 Å².